The Balaban J connectivity index is 2.19. The van der Waals surface area contributed by atoms with Crippen molar-refractivity contribution < 1.29 is 4.39 Å². The molecular weight excluding hydrogens is 265 g/mol. The van der Waals surface area contributed by atoms with Crippen LogP contribution in [0.15, 0.2) is 23.2 Å². The Bertz CT molecular complexity index is 469. The van der Waals surface area contributed by atoms with E-state index in [2.05, 4.69) is 4.99 Å². The van der Waals surface area contributed by atoms with Gasteiger partial charge in [-0.3, -0.25) is 0 Å². The van der Waals surface area contributed by atoms with E-state index in [0.717, 1.165) is 12.4 Å². The van der Waals surface area contributed by atoms with Crippen LogP contribution in [-0.2, 0) is 0 Å². The van der Waals surface area contributed by atoms with Gasteiger partial charge in [-0.1, -0.05) is 17.7 Å². The maximum absolute atomic E-state index is 13.8. The van der Waals surface area contributed by atoms with Crippen LogP contribution in [0.3, 0.4) is 0 Å². The average Bonchev–Trinajstić information content (AvgIpc) is 3.04. The van der Waals surface area contributed by atoms with Crippen molar-refractivity contribution in [3.8, 4) is 0 Å². The van der Waals surface area contributed by atoms with Crippen LogP contribution in [-0.4, -0.2) is 50.0 Å². The number of rotatable bonds is 2. The summed E-state index contributed by atoms with van der Waals surface area (Å²) in [6.45, 7) is 0. The van der Waals surface area contributed by atoms with E-state index in [0.29, 0.717) is 10.6 Å². The lowest BCUT2D eigenvalue weighted by Gasteiger charge is -2.22. The van der Waals surface area contributed by atoms with Crippen molar-refractivity contribution >= 4 is 17.6 Å². The molecule has 1 aromatic carbocycles. The lowest BCUT2D eigenvalue weighted by molar-refractivity contribution is 0.478. The molecule has 1 fully saturated rings. The van der Waals surface area contributed by atoms with E-state index >= 15 is 0 Å². The number of aliphatic imine (C=N–C) groups is 1. The molecule has 1 aromatic rings. The topological polar surface area (TPSA) is 18.8 Å². The zero-order chi connectivity index (χ0) is 14.2. The van der Waals surface area contributed by atoms with E-state index in [1.54, 1.807) is 12.1 Å². The van der Waals surface area contributed by atoms with Gasteiger partial charge in [0.15, 0.2) is 5.96 Å². The fraction of sp³-hybridized carbons (Fsp3) is 0.500. The van der Waals surface area contributed by atoms with Crippen LogP contribution in [0.2, 0.25) is 5.02 Å². The fourth-order valence-corrected chi connectivity index (χ4v) is 2.58. The molecule has 3 nitrogen and oxygen atoms in total. The number of nitrogens with zero attached hydrogens (tertiary/aromatic N) is 3. The van der Waals surface area contributed by atoms with Crippen molar-refractivity contribution in [3.05, 3.63) is 34.6 Å². The summed E-state index contributed by atoms with van der Waals surface area (Å²) in [5.41, 5.74) is 0.606. The van der Waals surface area contributed by atoms with Crippen LogP contribution in [0.1, 0.15) is 17.9 Å². The zero-order valence-electron chi connectivity index (χ0n) is 11.7. The molecule has 1 aliphatic carbocycles. The van der Waals surface area contributed by atoms with Crippen LogP contribution >= 0.6 is 11.6 Å². The van der Waals surface area contributed by atoms with Crippen molar-refractivity contribution in [2.24, 2.45) is 4.99 Å². The number of guanidine groups is 1. The summed E-state index contributed by atoms with van der Waals surface area (Å²) in [6.07, 6.45) is 0.853. The molecule has 0 spiro atoms. The van der Waals surface area contributed by atoms with Crippen LogP contribution in [0, 0.1) is 5.82 Å². The smallest absolute Gasteiger partial charge is 0.195 e. The van der Waals surface area contributed by atoms with Gasteiger partial charge in [-0.15, -0.1) is 0 Å². The number of halogens is 2. The number of hydrogen-bond acceptors (Lipinski definition) is 1. The Labute approximate surface area is 118 Å². The lowest BCUT2D eigenvalue weighted by Crippen LogP contribution is -2.35. The minimum absolute atomic E-state index is 0.101. The molecule has 2 rings (SSSR count). The third kappa shape index (κ3) is 3.00. The van der Waals surface area contributed by atoms with Gasteiger partial charge < -0.3 is 9.80 Å². The molecule has 0 radical (unpaired) electrons. The number of hydrogen-bond donors (Lipinski definition) is 0. The first kappa shape index (κ1) is 14.1. The van der Waals surface area contributed by atoms with Gasteiger partial charge in [0, 0.05) is 44.7 Å². The minimum Gasteiger partial charge on any atom is -0.349 e. The molecule has 104 valence electrons. The highest BCUT2D eigenvalue weighted by atomic mass is 35.5. The molecular formula is C14H19ClFN3. The second-order valence-electron chi connectivity index (χ2n) is 5.26. The molecule has 19 heavy (non-hydrogen) atoms. The standard InChI is InChI=1S/C14H19ClFN3/c1-18(2)14(19(3)4)17-12-8-9(12)13-10(15)6-5-7-11(13)16/h5-7,9,12H,8H2,1-4H3. The molecule has 1 saturated carbocycles. The molecule has 2 atom stereocenters. The predicted octanol–water partition coefficient (Wildman–Crippen LogP) is 2.81. The molecule has 0 heterocycles. The van der Waals surface area contributed by atoms with E-state index in [4.69, 9.17) is 11.6 Å². The Morgan fingerprint density at radius 3 is 2.42 bits per heavy atom. The van der Waals surface area contributed by atoms with E-state index in [9.17, 15) is 4.39 Å². The minimum atomic E-state index is -0.230. The highest BCUT2D eigenvalue weighted by Gasteiger charge is 2.41. The highest BCUT2D eigenvalue weighted by molar-refractivity contribution is 6.31. The van der Waals surface area contributed by atoms with Crippen molar-refractivity contribution in [2.45, 2.75) is 18.4 Å². The summed E-state index contributed by atoms with van der Waals surface area (Å²) >= 11 is 6.08. The largest absolute Gasteiger partial charge is 0.349 e. The Kier molecular flexibility index (Phi) is 3.99. The molecule has 1 aliphatic rings. The maximum atomic E-state index is 13.8. The zero-order valence-corrected chi connectivity index (χ0v) is 12.4. The molecule has 0 amide bonds. The van der Waals surface area contributed by atoms with Crippen molar-refractivity contribution in [1.82, 2.24) is 9.80 Å². The first-order chi connectivity index (χ1) is 8.91. The van der Waals surface area contributed by atoms with Crippen LogP contribution in [0.25, 0.3) is 0 Å². The molecule has 2 unspecified atom stereocenters. The van der Waals surface area contributed by atoms with Gasteiger partial charge in [0.05, 0.1) is 6.04 Å². The van der Waals surface area contributed by atoms with E-state index in [1.807, 2.05) is 38.0 Å². The Morgan fingerprint density at radius 1 is 1.26 bits per heavy atom. The number of benzene rings is 1. The monoisotopic (exact) mass is 283 g/mol. The second-order valence-corrected chi connectivity index (χ2v) is 5.67. The van der Waals surface area contributed by atoms with Crippen molar-refractivity contribution in [3.63, 3.8) is 0 Å². The van der Waals surface area contributed by atoms with Gasteiger partial charge in [-0.25, -0.2) is 9.38 Å². The highest BCUT2D eigenvalue weighted by Crippen LogP contribution is 2.47. The lowest BCUT2D eigenvalue weighted by atomic mass is 10.1. The summed E-state index contributed by atoms with van der Waals surface area (Å²) in [5.74, 6) is 0.759. The third-order valence-corrected chi connectivity index (χ3v) is 3.54. The molecule has 0 aromatic heterocycles. The SMILES string of the molecule is CN(C)C(=NC1CC1c1c(F)cccc1Cl)N(C)C. The summed E-state index contributed by atoms with van der Waals surface area (Å²) in [7, 11) is 7.80. The summed E-state index contributed by atoms with van der Waals surface area (Å²) in [6, 6.07) is 4.94. The fourth-order valence-electron chi connectivity index (χ4n) is 2.28. The summed E-state index contributed by atoms with van der Waals surface area (Å²) in [5, 5.41) is 0.499. The third-order valence-electron chi connectivity index (χ3n) is 3.21. The second kappa shape index (κ2) is 5.37. The van der Waals surface area contributed by atoms with Gasteiger partial charge in [-0.05, 0) is 18.6 Å². The van der Waals surface area contributed by atoms with Crippen LogP contribution < -0.4 is 0 Å². The first-order valence-corrected chi connectivity index (χ1v) is 6.66. The van der Waals surface area contributed by atoms with Crippen LogP contribution in [0.5, 0.6) is 0 Å². The van der Waals surface area contributed by atoms with Crippen molar-refractivity contribution in [1.29, 1.82) is 0 Å². The van der Waals surface area contributed by atoms with Gasteiger partial charge in [0.2, 0.25) is 0 Å². The van der Waals surface area contributed by atoms with E-state index < -0.39 is 0 Å². The summed E-state index contributed by atoms with van der Waals surface area (Å²) < 4.78 is 13.8. The Hall–Kier alpha value is -1.29. The van der Waals surface area contributed by atoms with Gasteiger partial charge in [-0.2, -0.15) is 0 Å². The maximum Gasteiger partial charge on any atom is 0.195 e. The molecule has 0 saturated heterocycles. The molecule has 0 N–H and O–H groups in total. The van der Waals surface area contributed by atoms with Crippen LogP contribution in [0.4, 0.5) is 4.39 Å². The van der Waals surface area contributed by atoms with Gasteiger partial charge in [0.1, 0.15) is 5.82 Å². The van der Waals surface area contributed by atoms with Gasteiger partial charge >= 0.3 is 0 Å². The van der Waals surface area contributed by atoms with E-state index in [1.165, 1.54) is 6.07 Å². The average molecular weight is 284 g/mol. The molecule has 5 heteroatoms. The van der Waals surface area contributed by atoms with E-state index in [-0.39, 0.29) is 17.8 Å². The normalized spacial score (nSPS) is 20.9. The van der Waals surface area contributed by atoms with Crippen molar-refractivity contribution in [2.75, 3.05) is 28.2 Å². The molecule has 0 bridgehead atoms. The Morgan fingerprint density at radius 2 is 1.89 bits per heavy atom. The summed E-state index contributed by atoms with van der Waals surface area (Å²) in [4.78, 5) is 8.58. The van der Waals surface area contributed by atoms with Gasteiger partial charge in [0.25, 0.3) is 0 Å². The quantitative estimate of drug-likeness (QED) is 0.614. The molecule has 0 aliphatic heterocycles. The first-order valence-electron chi connectivity index (χ1n) is 6.28. The predicted molar refractivity (Wildman–Crippen MR) is 77.4 cm³/mol.